The maximum Gasteiger partial charge on any atom is -1.00 e. The Balaban J connectivity index is 0.00000202. The largest absolute Gasteiger partial charge is 1.00 e. The van der Waals surface area contributed by atoms with Gasteiger partial charge < -0.3 is 24.8 Å². The Kier molecular flexibility index (Phi) is 11.2. The molecule has 0 nitrogen and oxygen atoms in total. The Morgan fingerprint density at radius 2 is 1.24 bits per heavy atom. The van der Waals surface area contributed by atoms with E-state index < -0.39 is 22.8 Å². The topological polar surface area (TPSA) is 0 Å². The number of hydrogen-bond donors (Lipinski definition) is 0. The van der Waals surface area contributed by atoms with Crippen LogP contribution in [0.15, 0.2) is 97.1 Å². The van der Waals surface area contributed by atoms with Crippen molar-refractivity contribution < 1.29 is 47.6 Å². The first kappa shape index (κ1) is 32.6. The Labute approximate surface area is 276 Å². The Bertz CT molecular complexity index is 1600. The molecular formula is C39H39Cl2Zr. The van der Waals surface area contributed by atoms with Crippen LogP contribution in [0.3, 0.4) is 0 Å². The summed E-state index contributed by atoms with van der Waals surface area (Å²) in [4.78, 5) is 0. The van der Waals surface area contributed by atoms with Gasteiger partial charge in [-0.05, 0) is 0 Å². The van der Waals surface area contributed by atoms with Crippen molar-refractivity contribution in [1.82, 2.24) is 0 Å². The molecule has 0 spiro atoms. The molecule has 213 valence electrons. The summed E-state index contributed by atoms with van der Waals surface area (Å²) in [5.74, 6) is 0. The minimum atomic E-state index is -1.18. The summed E-state index contributed by atoms with van der Waals surface area (Å²) in [5, 5.41) is 0. The fraction of sp³-hybridized carbons (Fsp3) is 0.256. The summed E-state index contributed by atoms with van der Waals surface area (Å²) in [6.07, 6.45) is 12.5. The van der Waals surface area contributed by atoms with E-state index in [1.807, 2.05) is 0 Å². The maximum atomic E-state index is 2.48. The van der Waals surface area contributed by atoms with E-state index in [0.717, 1.165) is 32.1 Å². The molecule has 0 bridgehead atoms. The van der Waals surface area contributed by atoms with Crippen LogP contribution in [0, 0.1) is 0 Å². The molecule has 1 unspecified atom stereocenters. The molecule has 0 fully saturated rings. The van der Waals surface area contributed by atoms with E-state index in [9.17, 15) is 0 Å². The molecule has 0 amide bonds. The molecule has 4 aromatic carbocycles. The van der Waals surface area contributed by atoms with Gasteiger partial charge in [-0.1, -0.05) is 0 Å². The fourth-order valence-electron chi connectivity index (χ4n) is 7.17. The zero-order chi connectivity index (χ0) is 27.6. The molecule has 0 saturated heterocycles. The SMILES string of the molecule is CCc1cccc2c1-c1c(CC)c(CC)c(CC)c(C3=CC=CC3)c1[CH]2[Zr+2]=[C](c1ccccc1)c1ccccc1.[Cl-].[Cl-]. The molecule has 4 aromatic rings. The van der Waals surface area contributed by atoms with Crippen molar-refractivity contribution in [2.45, 2.75) is 63.4 Å². The van der Waals surface area contributed by atoms with E-state index in [1.165, 1.54) is 22.3 Å². The van der Waals surface area contributed by atoms with Crippen molar-refractivity contribution in [2.75, 3.05) is 0 Å². The van der Waals surface area contributed by atoms with Gasteiger partial charge in [-0.2, -0.15) is 0 Å². The molecule has 3 heteroatoms. The standard InChI is InChI=1S/C26H29.C13H10.2ClH.Zr/c1-5-17-14-11-15-19-16-23-25(18-12-9-10-13-18)21(7-3)20(6-2)22(8-4)26(23)24(17)19;1-3-7-12(8-4-1)11-13-9-5-2-6-10-13;;;/h9-12,14-16H,5-8,13H2,1-4H3;1-10H;2*1H;/q;;;;+2/p-2. The van der Waals surface area contributed by atoms with E-state index in [4.69, 9.17) is 0 Å². The minimum absolute atomic E-state index is 0. The van der Waals surface area contributed by atoms with Crippen molar-refractivity contribution in [3.63, 3.8) is 0 Å². The van der Waals surface area contributed by atoms with Crippen LogP contribution in [0.1, 0.15) is 87.8 Å². The number of aryl methyl sites for hydroxylation is 1. The summed E-state index contributed by atoms with van der Waals surface area (Å²) in [6.45, 7) is 9.48. The summed E-state index contributed by atoms with van der Waals surface area (Å²) in [6, 6.07) is 29.7. The average Bonchev–Trinajstić information content (AvgIpc) is 3.66. The van der Waals surface area contributed by atoms with Gasteiger partial charge in [-0.15, -0.1) is 0 Å². The Morgan fingerprint density at radius 1 is 0.643 bits per heavy atom. The minimum Gasteiger partial charge on any atom is -1.00 e. The molecule has 0 radical (unpaired) electrons. The first-order valence-electron chi connectivity index (χ1n) is 15.1. The van der Waals surface area contributed by atoms with Crippen LogP contribution in [0.5, 0.6) is 0 Å². The first-order valence-corrected chi connectivity index (χ1v) is 17.8. The van der Waals surface area contributed by atoms with Crippen molar-refractivity contribution >= 4 is 8.78 Å². The van der Waals surface area contributed by atoms with Gasteiger partial charge in [-0.25, -0.2) is 0 Å². The number of hydrogen-bond acceptors (Lipinski definition) is 0. The van der Waals surface area contributed by atoms with Gasteiger partial charge in [0, 0.05) is 0 Å². The molecule has 0 saturated carbocycles. The summed E-state index contributed by atoms with van der Waals surface area (Å²) < 4.78 is 2.10. The van der Waals surface area contributed by atoms with Crippen molar-refractivity contribution in [3.8, 4) is 11.1 Å². The second-order valence-electron chi connectivity index (χ2n) is 10.9. The molecule has 2 aliphatic carbocycles. The monoisotopic (exact) mass is 667 g/mol. The van der Waals surface area contributed by atoms with E-state index in [0.29, 0.717) is 3.63 Å². The average molecular weight is 670 g/mol. The van der Waals surface area contributed by atoms with Gasteiger partial charge in [0.2, 0.25) is 0 Å². The van der Waals surface area contributed by atoms with Crippen LogP contribution in [-0.4, -0.2) is 3.21 Å². The van der Waals surface area contributed by atoms with Crippen LogP contribution in [0.4, 0.5) is 0 Å². The molecule has 0 aliphatic heterocycles. The van der Waals surface area contributed by atoms with Crippen LogP contribution in [0.25, 0.3) is 16.7 Å². The summed E-state index contributed by atoms with van der Waals surface area (Å²) in [5.41, 5.74) is 18.8. The molecule has 2 aliphatic rings. The second-order valence-corrected chi connectivity index (χ2v) is 14.3. The van der Waals surface area contributed by atoms with Crippen LogP contribution >= 0.6 is 0 Å². The molecule has 0 N–H and O–H groups in total. The van der Waals surface area contributed by atoms with E-state index in [2.05, 4.69) is 125 Å². The molecule has 0 heterocycles. The Morgan fingerprint density at radius 3 is 1.76 bits per heavy atom. The fourth-order valence-corrected chi connectivity index (χ4v) is 11.6. The van der Waals surface area contributed by atoms with E-state index in [-0.39, 0.29) is 24.8 Å². The summed E-state index contributed by atoms with van der Waals surface area (Å²) >= 11 is -1.18. The number of rotatable bonds is 8. The van der Waals surface area contributed by atoms with Crippen molar-refractivity contribution in [1.29, 1.82) is 0 Å². The molecular weight excluding hydrogens is 631 g/mol. The third-order valence-corrected chi connectivity index (χ3v) is 13.2. The number of halogens is 2. The third-order valence-electron chi connectivity index (χ3n) is 8.85. The summed E-state index contributed by atoms with van der Waals surface area (Å²) in [7, 11) is 0. The second kappa shape index (κ2) is 14.4. The quantitative estimate of drug-likeness (QED) is 0.269. The van der Waals surface area contributed by atoms with Gasteiger partial charge in [-0.3, -0.25) is 0 Å². The number of fused-ring (bicyclic) bond motifs is 3. The molecule has 1 atom stereocenters. The predicted molar refractivity (Wildman–Crippen MR) is 169 cm³/mol. The number of benzene rings is 4. The Hall–Kier alpha value is -2.31. The third kappa shape index (κ3) is 5.66. The molecule has 6 rings (SSSR count). The maximum absolute atomic E-state index is 2.48. The molecule has 0 aromatic heterocycles. The van der Waals surface area contributed by atoms with Crippen LogP contribution in [0.2, 0.25) is 0 Å². The predicted octanol–water partition coefficient (Wildman–Crippen LogP) is 3.71. The normalized spacial score (nSPS) is 14.3. The van der Waals surface area contributed by atoms with Gasteiger partial charge in [0.05, 0.1) is 0 Å². The van der Waals surface area contributed by atoms with Gasteiger partial charge in [0.1, 0.15) is 0 Å². The van der Waals surface area contributed by atoms with Gasteiger partial charge in [0.15, 0.2) is 0 Å². The van der Waals surface area contributed by atoms with Crippen LogP contribution < -0.4 is 24.8 Å². The van der Waals surface area contributed by atoms with Gasteiger partial charge in [0.25, 0.3) is 0 Å². The van der Waals surface area contributed by atoms with E-state index >= 15 is 0 Å². The first-order chi connectivity index (χ1) is 19.7. The van der Waals surface area contributed by atoms with Crippen molar-refractivity contribution in [3.05, 3.63) is 147 Å². The number of allylic oxidation sites excluding steroid dienone is 4. The van der Waals surface area contributed by atoms with Crippen LogP contribution in [-0.2, 0) is 48.4 Å². The zero-order valence-electron chi connectivity index (χ0n) is 25.1. The zero-order valence-corrected chi connectivity index (χ0v) is 29.1. The van der Waals surface area contributed by atoms with Crippen molar-refractivity contribution in [2.24, 2.45) is 0 Å². The molecule has 42 heavy (non-hydrogen) atoms. The van der Waals surface area contributed by atoms with Gasteiger partial charge >= 0.3 is 253 Å². The van der Waals surface area contributed by atoms with E-state index in [1.54, 1.807) is 47.7 Å². The smallest absolute Gasteiger partial charge is 1.00 e.